The summed E-state index contributed by atoms with van der Waals surface area (Å²) >= 11 is 6.50. The van der Waals surface area contributed by atoms with Gasteiger partial charge in [0.05, 0.1) is 18.6 Å². The Kier molecular flexibility index (Phi) is 7.33. The lowest BCUT2D eigenvalue weighted by Gasteiger charge is -2.34. The van der Waals surface area contributed by atoms with Crippen LogP contribution in [0.4, 0.5) is 4.79 Å². The van der Waals surface area contributed by atoms with Crippen LogP contribution in [0.15, 0.2) is 29.2 Å². The van der Waals surface area contributed by atoms with Crippen LogP contribution in [0.2, 0.25) is 0 Å². The topological polar surface area (TPSA) is 79.4 Å². The Morgan fingerprint density at radius 1 is 1.20 bits per heavy atom. The molecule has 160 valence electrons. The van der Waals surface area contributed by atoms with Crippen molar-refractivity contribution in [3.63, 3.8) is 0 Å². The molecule has 1 aromatic carbocycles. The molecule has 10 heteroatoms. The van der Waals surface area contributed by atoms with E-state index in [1.165, 1.54) is 16.7 Å². The molecule has 3 amide bonds. The molecule has 2 saturated heterocycles. The van der Waals surface area contributed by atoms with E-state index in [1.54, 1.807) is 29.9 Å². The van der Waals surface area contributed by atoms with Gasteiger partial charge in [-0.1, -0.05) is 36.1 Å². The summed E-state index contributed by atoms with van der Waals surface area (Å²) < 4.78 is 10.5. The van der Waals surface area contributed by atoms with E-state index in [0.717, 1.165) is 5.56 Å². The van der Waals surface area contributed by atoms with Crippen LogP contribution in [-0.4, -0.2) is 83.4 Å². The van der Waals surface area contributed by atoms with Crippen molar-refractivity contribution >= 4 is 52.3 Å². The van der Waals surface area contributed by atoms with Gasteiger partial charge in [-0.15, -0.1) is 0 Å². The van der Waals surface area contributed by atoms with E-state index in [2.05, 4.69) is 0 Å². The minimum Gasteiger partial charge on any atom is -0.497 e. The van der Waals surface area contributed by atoms with Crippen molar-refractivity contribution in [2.45, 2.75) is 6.92 Å². The van der Waals surface area contributed by atoms with Crippen molar-refractivity contribution < 1.29 is 23.9 Å². The highest BCUT2D eigenvalue weighted by Gasteiger charge is 2.35. The Bertz CT molecular complexity index is 881. The van der Waals surface area contributed by atoms with Gasteiger partial charge in [-0.05, 0) is 30.7 Å². The third-order valence-corrected chi connectivity index (χ3v) is 6.09. The summed E-state index contributed by atoms with van der Waals surface area (Å²) in [4.78, 5) is 42.3. The molecule has 0 spiro atoms. The number of carbonyl (C=O) groups excluding carboxylic acids is 3. The number of thiocarbonyl (C=S) groups is 1. The van der Waals surface area contributed by atoms with E-state index < -0.39 is 0 Å². The van der Waals surface area contributed by atoms with Gasteiger partial charge in [0, 0.05) is 26.2 Å². The van der Waals surface area contributed by atoms with Gasteiger partial charge in [-0.2, -0.15) is 0 Å². The maximum Gasteiger partial charge on any atom is 0.409 e. The quantitative estimate of drug-likeness (QED) is 0.504. The summed E-state index contributed by atoms with van der Waals surface area (Å²) in [6, 6.07) is 7.35. The molecular formula is C20H23N3O5S2. The third-order valence-electron chi connectivity index (χ3n) is 4.72. The highest BCUT2D eigenvalue weighted by atomic mass is 32.2. The molecule has 1 aromatic rings. The molecule has 0 radical (unpaired) electrons. The first-order chi connectivity index (χ1) is 14.4. The standard InChI is InChI=1S/C20H23N3O5S2/c1-3-28-19(26)22-9-7-21(8-10-22)17(24)13-23-18(25)16(30-20(23)29)12-14-5-4-6-15(11-14)27-2/h4-6,11-12H,3,7-10,13H2,1-2H3/b16-12-. The Hall–Kier alpha value is -2.59. The van der Waals surface area contributed by atoms with Crippen LogP contribution in [0.3, 0.4) is 0 Å². The van der Waals surface area contributed by atoms with Gasteiger partial charge >= 0.3 is 6.09 Å². The van der Waals surface area contributed by atoms with Crippen molar-refractivity contribution in [2.75, 3.05) is 46.4 Å². The molecule has 2 aliphatic rings. The maximum absolute atomic E-state index is 12.8. The van der Waals surface area contributed by atoms with Gasteiger partial charge in [-0.25, -0.2) is 4.79 Å². The van der Waals surface area contributed by atoms with Crippen molar-refractivity contribution in [3.8, 4) is 5.75 Å². The van der Waals surface area contributed by atoms with Crippen LogP contribution >= 0.6 is 24.0 Å². The summed E-state index contributed by atoms with van der Waals surface area (Å²) in [7, 11) is 1.58. The summed E-state index contributed by atoms with van der Waals surface area (Å²) in [6.45, 7) is 3.55. The predicted molar refractivity (Wildman–Crippen MR) is 118 cm³/mol. The van der Waals surface area contributed by atoms with E-state index in [1.807, 2.05) is 24.3 Å². The lowest BCUT2D eigenvalue weighted by Crippen LogP contribution is -2.53. The van der Waals surface area contributed by atoms with Crippen molar-refractivity contribution in [1.82, 2.24) is 14.7 Å². The van der Waals surface area contributed by atoms with Crippen LogP contribution in [-0.2, 0) is 14.3 Å². The van der Waals surface area contributed by atoms with Gasteiger partial charge < -0.3 is 19.3 Å². The van der Waals surface area contributed by atoms with Gasteiger partial charge in [0.25, 0.3) is 5.91 Å². The van der Waals surface area contributed by atoms with Crippen LogP contribution in [0.25, 0.3) is 6.08 Å². The molecule has 3 rings (SSSR count). The number of thioether (sulfide) groups is 1. The second kappa shape index (κ2) is 9.94. The zero-order valence-electron chi connectivity index (χ0n) is 16.8. The summed E-state index contributed by atoms with van der Waals surface area (Å²) in [5, 5.41) is 0. The summed E-state index contributed by atoms with van der Waals surface area (Å²) in [5.74, 6) is 0.208. The van der Waals surface area contributed by atoms with Gasteiger partial charge in [-0.3, -0.25) is 14.5 Å². The molecule has 30 heavy (non-hydrogen) atoms. The molecule has 0 unspecified atom stereocenters. The Morgan fingerprint density at radius 3 is 2.57 bits per heavy atom. The van der Waals surface area contributed by atoms with Crippen molar-refractivity contribution in [1.29, 1.82) is 0 Å². The van der Waals surface area contributed by atoms with Gasteiger partial charge in [0.2, 0.25) is 5.91 Å². The first-order valence-electron chi connectivity index (χ1n) is 9.51. The SMILES string of the molecule is CCOC(=O)N1CCN(C(=O)CN2C(=O)/C(=C/c3cccc(OC)c3)SC2=S)CC1. The summed E-state index contributed by atoms with van der Waals surface area (Å²) in [6.07, 6.45) is 1.37. The normalized spacial score (nSPS) is 18.2. The van der Waals surface area contributed by atoms with Crippen LogP contribution in [0, 0.1) is 0 Å². The molecule has 0 atom stereocenters. The number of hydrogen-bond acceptors (Lipinski definition) is 7. The number of methoxy groups -OCH3 is 1. The molecule has 0 aromatic heterocycles. The van der Waals surface area contributed by atoms with Gasteiger partial charge in [0.15, 0.2) is 0 Å². The number of rotatable bonds is 5. The minimum atomic E-state index is -0.371. The van der Waals surface area contributed by atoms with E-state index in [4.69, 9.17) is 21.7 Å². The lowest BCUT2D eigenvalue weighted by atomic mass is 10.2. The third kappa shape index (κ3) is 5.11. The Labute approximate surface area is 184 Å². The first-order valence-corrected chi connectivity index (χ1v) is 10.7. The predicted octanol–water partition coefficient (Wildman–Crippen LogP) is 2.20. The number of ether oxygens (including phenoxy) is 2. The van der Waals surface area contributed by atoms with E-state index in [9.17, 15) is 14.4 Å². The van der Waals surface area contributed by atoms with E-state index in [0.29, 0.717) is 47.8 Å². The molecule has 0 bridgehead atoms. The molecule has 2 heterocycles. The molecule has 0 N–H and O–H groups in total. The highest BCUT2D eigenvalue weighted by molar-refractivity contribution is 8.26. The number of carbonyl (C=O) groups is 3. The maximum atomic E-state index is 12.8. The fourth-order valence-electron chi connectivity index (χ4n) is 3.11. The molecule has 2 aliphatic heterocycles. The lowest BCUT2D eigenvalue weighted by molar-refractivity contribution is -0.136. The zero-order chi connectivity index (χ0) is 21.7. The molecule has 0 aliphatic carbocycles. The van der Waals surface area contributed by atoms with Crippen molar-refractivity contribution in [3.05, 3.63) is 34.7 Å². The highest BCUT2D eigenvalue weighted by Crippen LogP contribution is 2.33. The zero-order valence-corrected chi connectivity index (χ0v) is 18.5. The molecule has 8 nitrogen and oxygen atoms in total. The van der Waals surface area contributed by atoms with Crippen LogP contribution < -0.4 is 4.74 Å². The smallest absolute Gasteiger partial charge is 0.409 e. The van der Waals surface area contributed by atoms with Gasteiger partial charge in [0.1, 0.15) is 16.6 Å². The number of amides is 3. The average Bonchev–Trinajstić information content (AvgIpc) is 3.01. The fourth-order valence-corrected chi connectivity index (χ4v) is 4.36. The minimum absolute atomic E-state index is 0.112. The van der Waals surface area contributed by atoms with Crippen molar-refractivity contribution in [2.24, 2.45) is 0 Å². The van der Waals surface area contributed by atoms with E-state index in [-0.39, 0.29) is 24.5 Å². The number of benzene rings is 1. The number of hydrogen-bond donors (Lipinski definition) is 0. The molecular weight excluding hydrogens is 426 g/mol. The second-order valence-electron chi connectivity index (χ2n) is 6.61. The van der Waals surface area contributed by atoms with Crippen LogP contribution in [0.1, 0.15) is 12.5 Å². The second-order valence-corrected chi connectivity index (χ2v) is 8.29. The largest absolute Gasteiger partial charge is 0.497 e. The molecule has 0 saturated carbocycles. The summed E-state index contributed by atoms with van der Waals surface area (Å²) in [5.41, 5.74) is 0.816. The molecule has 2 fully saturated rings. The van der Waals surface area contributed by atoms with Crippen LogP contribution in [0.5, 0.6) is 5.75 Å². The Morgan fingerprint density at radius 2 is 1.90 bits per heavy atom. The van der Waals surface area contributed by atoms with E-state index >= 15 is 0 Å². The number of nitrogens with zero attached hydrogens (tertiary/aromatic N) is 3. The monoisotopic (exact) mass is 449 g/mol. The average molecular weight is 450 g/mol. The first kappa shape index (κ1) is 22.1. The fraction of sp³-hybridized carbons (Fsp3) is 0.400. The number of piperazine rings is 1. The Balaban J connectivity index is 1.60.